The van der Waals surface area contributed by atoms with Crippen LogP contribution in [-0.4, -0.2) is 55.7 Å². The molecule has 7 heteroatoms. The Labute approximate surface area is 165 Å². The van der Waals surface area contributed by atoms with Crippen LogP contribution in [0.2, 0.25) is 0 Å². The molecular weight excluding hydrogens is 440 g/mol. The SMILES string of the molecule is CN=C(NCC1(SC)CCOCC1)N(C)Cc1ccc(F)cc1.I. The number of benzene rings is 1. The number of nitrogens with one attached hydrogen (secondary N) is 1. The number of guanidine groups is 1. The van der Waals surface area contributed by atoms with Gasteiger partial charge in [-0.05, 0) is 36.8 Å². The lowest BCUT2D eigenvalue weighted by Gasteiger charge is -2.37. The predicted octanol–water partition coefficient (Wildman–Crippen LogP) is 3.36. The number of ether oxygens (including phenoxy) is 1. The van der Waals surface area contributed by atoms with Crippen LogP contribution in [0.1, 0.15) is 18.4 Å². The molecule has 1 saturated heterocycles. The van der Waals surface area contributed by atoms with Crippen LogP contribution >= 0.6 is 35.7 Å². The van der Waals surface area contributed by atoms with Gasteiger partial charge in [-0.2, -0.15) is 11.8 Å². The number of hydrogen-bond acceptors (Lipinski definition) is 3. The number of hydrogen-bond donors (Lipinski definition) is 1. The van der Waals surface area contributed by atoms with Crippen molar-refractivity contribution < 1.29 is 9.13 Å². The van der Waals surface area contributed by atoms with Gasteiger partial charge in [0.2, 0.25) is 0 Å². The minimum absolute atomic E-state index is 0. The fraction of sp³-hybridized carbons (Fsp3) is 0.588. The minimum atomic E-state index is -0.208. The van der Waals surface area contributed by atoms with E-state index in [0.29, 0.717) is 6.54 Å². The van der Waals surface area contributed by atoms with Crippen LogP contribution in [-0.2, 0) is 11.3 Å². The zero-order chi connectivity index (χ0) is 16.7. The normalized spacial score (nSPS) is 17.1. The minimum Gasteiger partial charge on any atom is -0.381 e. The zero-order valence-corrected chi connectivity index (χ0v) is 17.7. The molecule has 1 N–H and O–H groups in total. The summed E-state index contributed by atoms with van der Waals surface area (Å²) in [5.41, 5.74) is 1.06. The van der Waals surface area contributed by atoms with Crippen molar-refractivity contribution in [2.24, 2.45) is 4.99 Å². The van der Waals surface area contributed by atoms with Gasteiger partial charge in [0.05, 0.1) is 0 Å². The monoisotopic (exact) mass is 467 g/mol. The summed E-state index contributed by atoms with van der Waals surface area (Å²) in [6.07, 6.45) is 4.28. The molecule has 0 atom stereocenters. The summed E-state index contributed by atoms with van der Waals surface area (Å²) in [7, 11) is 3.79. The van der Waals surface area contributed by atoms with Crippen molar-refractivity contribution in [2.45, 2.75) is 24.1 Å². The fourth-order valence-electron chi connectivity index (χ4n) is 2.76. The molecule has 2 rings (SSSR count). The molecule has 0 bridgehead atoms. The van der Waals surface area contributed by atoms with E-state index in [9.17, 15) is 4.39 Å². The highest BCUT2D eigenvalue weighted by Crippen LogP contribution is 2.33. The molecule has 1 fully saturated rings. The standard InChI is InChI=1S/C17H26FN3OS.HI/c1-19-16(20-13-17(23-3)8-10-22-11-9-17)21(2)12-14-4-6-15(18)7-5-14;/h4-7H,8-13H2,1-3H3,(H,19,20);1H. The molecule has 0 spiro atoms. The first-order chi connectivity index (χ1) is 11.1. The zero-order valence-electron chi connectivity index (χ0n) is 14.5. The highest BCUT2D eigenvalue weighted by molar-refractivity contribution is 14.0. The molecule has 0 radical (unpaired) electrons. The quantitative estimate of drug-likeness (QED) is 0.410. The van der Waals surface area contributed by atoms with Crippen molar-refractivity contribution in [2.75, 3.05) is 40.1 Å². The van der Waals surface area contributed by atoms with Crippen molar-refractivity contribution >= 4 is 41.7 Å². The maximum Gasteiger partial charge on any atom is 0.193 e. The lowest BCUT2D eigenvalue weighted by atomic mass is 9.99. The Morgan fingerprint density at radius 1 is 1.33 bits per heavy atom. The van der Waals surface area contributed by atoms with Gasteiger partial charge >= 0.3 is 0 Å². The maximum atomic E-state index is 13.0. The smallest absolute Gasteiger partial charge is 0.193 e. The van der Waals surface area contributed by atoms with Gasteiger partial charge in [0, 0.05) is 45.1 Å². The summed E-state index contributed by atoms with van der Waals surface area (Å²) in [4.78, 5) is 6.42. The van der Waals surface area contributed by atoms with E-state index in [1.54, 1.807) is 19.2 Å². The van der Waals surface area contributed by atoms with E-state index in [-0.39, 0.29) is 34.5 Å². The van der Waals surface area contributed by atoms with Crippen LogP contribution in [0.25, 0.3) is 0 Å². The van der Waals surface area contributed by atoms with Gasteiger partial charge < -0.3 is 15.0 Å². The number of thioether (sulfide) groups is 1. The van der Waals surface area contributed by atoms with Crippen LogP contribution < -0.4 is 5.32 Å². The van der Waals surface area contributed by atoms with E-state index in [1.807, 2.05) is 18.8 Å². The number of halogens is 2. The summed E-state index contributed by atoms with van der Waals surface area (Å²) >= 11 is 1.91. The second kappa shape index (κ2) is 10.5. The van der Waals surface area contributed by atoms with Crippen LogP contribution in [0.5, 0.6) is 0 Å². The molecule has 0 aliphatic carbocycles. The van der Waals surface area contributed by atoms with Gasteiger partial charge in [0.15, 0.2) is 5.96 Å². The number of nitrogens with zero attached hydrogens (tertiary/aromatic N) is 2. The molecule has 1 aromatic rings. The molecule has 1 aromatic carbocycles. The lowest BCUT2D eigenvalue weighted by Crippen LogP contribution is -2.48. The third kappa shape index (κ3) is 6.07. The lowest BCUT2D eigenvalue weighted by molar-refractivity contribution is 0.0781. The first-order valence-electron chi connectivity index (χ1n) is 7.88. The highest BCUT2D eigenvalue weighted by atomic mass is 127. The molecule has 0 aromatic heterocycles. The number of rotatable bonds is 5. The maximum absolute atomic E-state index is 13.0. The van der Waals surface area contributed by atoms with Gasteiger partial charge in [0.1, 0.15) is 5.82 Å². The second-order valence-electron chi connectivity index (χ2n) is 5.88. The Morgan fingerprint density at radius 3 is 2.50 bits per heavy atom. The summed E-state index contributed by atoms with van der Waals surface area (Å²) in [5, 5.41) is 3.49. The first kappa shape index (κ1) is 21.5. The third-order valence-electron chi connectivity index (χ3n) is 4.31. The van der Waals surface area contributed by atoms with Gasteiger partial charge in [0.25, 0.3) is 0 Å². The van der Waals surface area contributed by atoms with E-state index in [4.69, 9.17) is 4.74 Å². The van der Waals surface area contributed by atoms with Gasteiger partial charge in [-0.15, -0.1) is 24.0 Å². The van der Waals surface area contributed by atoms with Crippen molar-refractivity contribution in [3.05, 3.63) is 35.6 Å². The van der Waals surface area contributed by atoms with E-state index >= 15 is 0 Å². The molecule has 1 heterocycles. The van der Waals surface area contributed by atoms with E-state index < -0.39 is 0 Å². The van der Waals surface area contributed by atoms with Gasteiger partial charge in [-0.3, -0.25) is 4.99 Å². The van der Waals surface area contributed by atoms with Crippen LogP contribution in [0.4, 0.5) is 4.39 Å². The van der Waals surface area contributed by atoms with E-state index in [0.717, 1.165) is 44.1 Å². The van der Waals surface area contributed by atoms with E-state index in [2.05, 4.69) is 21.5 Å². The Bertz CT molecular complexity index is 521. The molecule has 136 valence electrons. The Balaban J connectivity index is 0.00000288. The highest BCUT2D eigenvalue weighted by Gasteiger charge is 2.32. The largest absolute Gasteiger partial charge is 0.381 e. The molecule has 1 aliphatic rings. The first-order valence-corrected chi connectivity index (χ1v) is 9.10. The third-order valence-corrected chi connectivity index (χ3v) is 5.73. The van der Waals surface area contributed by atoms with Crippen LogP contribution in [0.15, 0.2) is 29.3 Å². The fourth-order valence-corrected chi connectivity index (χ4v) is 3.55. The van der Waals surface area contributed by atoms with Crippen molar-refractivity contribution in [1.29, 1.82) is 0 Å². The molecular formula is C17H27FIN3OS. The molecule has 1 aliphatic heterocycles. The molecule has 0 unspecified atom stereocenters. The molecule has 0 amide bonds. The predicted molar refractivity (Wildman–Crippen MR) is 111 cm³/mol. The summed E-state index contributed by atoms with van der Waals surface area (Å²) < 4.78 is 18.7. The summed E-state index contributed by atoms with van der Waals surface area (Å²) in [6, 6.07) is 6.59. The Morgan fingerprint density at radius 2 is 1.96 bits per heavy atom. The molecule has 0 saturated carbocycles. The molecule has 4 nitrogen and oxygen atoms in total. The average molecular weight is 467 g/mol. The van der Waals surface area contributed by atoms with E-state index in [1.165, 1.54) is 12.1 Å². The average Bonchev–Trinajstić information content (AvgIpc) is 2.58. The van der Waals surface area contributed by atoms with Crippen molar-refractivity contribution in [3.63, 3.8) is 0 Å². The second-order valence-corrected chi connectivity index (χ2v) is 7.16. The summed E-state index contributed by atoms with van der Waals surface area (Å²) in [6.45, 7) is 3.21. The summed E-state index contributed by atoms with van der Waals surface area (Å²) in [5.74, 6) is 0.648. The Kier molecular flexibility index (Phi) is 9.36. The Hall–Kier alpha value is -0.540. The van der Waals surface area contributed by atoms with Gasteiger partial charge in [-0.25, -0.2) is 4.39 Å². The van der Waals surface area contributed by atoms with Crippen molar-refractivity contribution in [3.8, 4) is 0 Å². The molecule has 24 heavy (non-hydrogen) atoms. The van der Waals surface area contributed by atoms with Crippen LogP contribution in [0.3, 0.4) is 0 Å². The topological polar surface area (TPSA) is 36.9 Å². The van der Waals surface area contributed by atoms with Crippen molar-refractivity contribution in [1.82, 2.24) is 10.2 Å². The van der Waals surface area contributed by atoms with Crippen LogP contribution in [0, 0.1) is 5.82 Å². The van der Waals surface area contributed by atoms with Gasteiger partial charge in [-0.1, -0.05) is 12.1 Å². The number of aliphatic imine (C=N–C) groups is 1.